The lowest BCUT2D eigenvalue weighted by atomic mass is 9.86. The number of nitrogens with one attached hydrogen (secondary N) is 2. The van der Waals surface area contributed by atoms with Gasteiger partial charge in [0.2, 0.25) is 5.91 Å². The minimum atomic E-state index is 0.0182. The summed E-state index contributed by atoms with van der Waals surface area (Å²) in [5, 5.41) is 5.93. The van der Waals surface area contributed by atoms with E-state index in [-0.39, 0.29) is 33.5 Å². The number of carbonyl (C=O) groups is 2. The SMILES string of the molecule is CC(C)(C)CCC(=O)Nc1ccc(C(C)(C)C)cc1.CC(C)(C)CCNC(=O)c1ccc(C(C)(C)C)cc1. The Morgan fingerprint density at radius 1 is 0.605 bits per heavy atom. The fourth-order valence-corrected chi connectivity index (χ4v) is 3.54. The van der Waals surface area contributed by atoms with E-state index in [0.717, 1.165) is 30.6 Å². The molecular weight excluding hydrogens is 468 g/mol. The molecule has 38 heavy (non-hydrogen) atoms. The second-order valence-electron chi connectivity index (χ2n) is 14.8. The van der Waals surface area contributed by atoms with Crippen molar-refractivity contribution in [1.29, 1.82) is 0 Å². The van der Waals surface area contributed by atoms with Gasteiger partial charge in [-0.3, -0.25) is 9.59 Å². The second-order valence-corrected chi connectivity index (χ2v) is 14.8. The molecule has 0 radical (unpaired) electrons. The van der Waals surface area contributed by atoms with Gasteiger partial charge in [-0.15, -0.1) is 0 Å². The minimum absolute atomic E-state index is 0.0182. The van der Waals surface area contributed by atoms with Crippen LogP contribution in [-0.4, -0.2) is 18.4 Å². The Balaban J connectivity index is 0.000000380. The molecule has 4 nitrogen and oxygen atoms in total. The van der Waals surface area contributed by atoms with E-state index in [4.69, 9.17) is 0 Å². The summed E-state index contributed by atoms with van der Waals surface area (Å²) in [6.45, 7) is 26.8. The predicted molar refractivity (Wildman–Crippen MR) is 164 cm³/mol. The molecule has 2 N–H and O–H groups in total. The first-order valence-corrected chi connectivity index (χ1v) is 14.0. The van der Waals surface area contributed by atoms with Crippen LogP contribution in [0.2, 0.25) is 0 Å². The third kappa shape index (κ3) is 13.8. The lowest BCUT2D eigenvalue weighted by Gasteiger charge is -2.19. The van der Waals surface area contributed by atoms with E-state index in [1.807, 2.05) is 36.4 Å². The number of amides is 2. The third-order valence-electron chi connectivity index (χ3n) is 6.31. The molecule has 0 saturated carbocycles. The Kier molecular flexibility index (Phi) is 11.8. The monoisotopic (exact) mass is 522 g/mol. The average Bonchev–Trinajstić information content (AvgIpc) is 2.76. The second kappa shape index (κ2) is 13.4. The van der Waals surface area contributed by atoms with Crippen molar-refractivity contribution in [2.45, 2.75) is 113 Å². The zero-order valence-electron chi connectivity index (χ0n) is 26.3. The highest BCUT2D eigenvalue weighted by atomic mass is 16.2. The molecule has 0 spiro atoms. The summed E-state index contributed by atoms with van der Waals surface area (Å²) in [5.74, 6) is 0.114. The fraction of sp³-hybridized carbons (Fsp3) is 0.588. The predicted octanol–water partition coefficient (Wildman–Crippen LogP) is 8.90. The Labute approximate surface area is 233 Å². The zero-order chi connectivity index (χ0) is 29.4. The number of anilines is 1. The molecule has 0 aromatic heterocycles. The topological polar surface area (TPSA) is 58.2 Å². The van der Waals surface area contributed by atoms with Crippen LogP contribution in [0.4, 0.5) is 5.69 Å². The van der Waals surface area contributed by atoms with Crippen LogP contribution in [-0.2, 0) is 15.6 Å². The highest BCUT2D eigenvalue weighted by Crippen LogP contribution is 2.25. The molecule has 0 fully saturated rings. The van der Waals surface area contributed by atoms with E-state index in [2.05, 4.69) is 106 Å². The van der Waals surface area contributed by atoms with Gasteiger partial charge in [-0.25, -0.2) is 0 Å². The molecular formula is C34H54N2O2. The van der Waals surface area contributed by atoms with Crippen molar-refractivity contribution in [2.24, 2.45) is 10.8 Å². The van der Waals surface area contributed by atoms with Crippen LogP contribution in [0, 0.1) is 10.8 Å². The summed E-state index contributed by atoms with van der Waals surface area (Å²) in [7, 11) is 0. The summed E-state index contributed by atoms with van der Waals surface area (Å²) < 4.78 is 0. The summed E-state index contributed by atoms with van der Waals surface area (Å²) in [4.78, 5) is 23.8. The van der Waals surface area contributed by atoms with Crippen LogP contribution in [0.1, 0.15) is 124 Å². The maximum Gasteiger partial charge on any atom is 0.251 e. The van der Waals surface area contributed by atoms with E-state index in [1.54, 1.807) is 0 Å². The van der Waals surface area contributed by atoms with Gasteiger partial charge >= 0.3 is 0 Å². The summed E-state index contributed by atoms with van der Waals surface area (Å²) >= 11 is 0. The Bertz CT molecular complexity index is 1010. The average molecular weight is 523 g/mol. The number of rotatable bonds is 6. The molecule has 0 aliphatic rings. The van der Waals surface area contributed by atoms with Crippen LogP contribution >= 0.6 is 0 Å². The molecule has 4 heteroatoms. The molecule has 0 atom stereocenters. The molecule has 2 rings (SSSR count). The summed E-state index contributed by atoms with van der Waals surface area (Å²) in [6, 6.07) is 16.0. The van der Waals surface area contributed by atoms with Gasteiger partial charge in [-0.1, -0.05) is 107 Å². The van der Waals surface area contributed by atoms with Crippen molar-refractivity contribution >= 4 is 17.5 Å². The standard InChI is InChI=1S/2C17H27NO/c1-16(2,3)11-12-18-15(19)13-7-9-14(10-8-13)17(4,5)6;1-16(2,3)12-11-15(19)18-14-9-7-13(8-10-14)17(4,5)6/h2*7-10H,11-12H2,1-6H3,(H,18,19). The fourth-order valence-electron chi connectivity index (χ4n) is 3.54. The molecule has 212 valence electrons. The van der Waals surface area contributed by atoms with Crippen molar-refractivity contribution < 1.29 is 9.59 Å². The van der Waals surface area contributed by atoms with Crippen molar-refractivity contribution in [3.8, 4) is 0 Å². The molecule has 0 aliphatic carbocycles. The highest BCUT2D eigenvalue weighted by Gasteiger charge is 2.16. The van der Waals surface area contributed by atoms with Crippen molar-refractivity contribution in [3.05, 3.63) is 65.2 Å². The first kappa shape index (κ1) is 33.4. The maximum atomic E-state index is 12.0. The minimum Gasteiger partial charge on any atom is -0.352 e. The van der Waals surface area contributed by atoms with Gasteiger partial charge in [-0.2, -0.15) is 0 Å². The Hall–Kier alpha value is -2.62. The van der Waals surface area contributed by atoms with Crippen LogP contribution in [0.5, 0.6) is 0 Å². The molecule has 2 aromatic carbocycles. The number of benzene rings is 2. The molecule has 0 aliphatic heterocycles. The van der Waals surface area contributed by atoms with E-state index >= 15 is 0 Å². The summed E-state index contributed by atoms with van der Waals surface area (Å²) in [6.07, 6.45) is 2.46. The van der Waals surface area contributed by atoms with Gasteiger partial charge in [0.1, 0.15) is 0 Å². The molecule has 2 aromatic rings. The smallest absolute Gasteiger partial charge is 0.251 e. The molecule has 0 bridgehead atoms. The van der Waals surface area contributed by atoms with Crippen molar-refractivity contribution in [3.63, 3.8) is 0 Å². The number of hydrogen-bond acceptors (Lipinski definition) is 2. The van der Waals surface area contributed by atoms with E-state index < -0.39 is 0 Å². The van der Waals surface area contributed by atoms with Crippen LogP contribution < -0.4 is 10.6 Å². The maximum absolute atomic E-state index is 12.0. The van der Waals surface area contributed by atoms with Crippen LogP contribution in [0.15, 0.2) is 48.5 Å². The quantitative estimate of drug-likeness (QED) is 0.398. The third-order valence-corrected chi connectivity index (χ3v) is 6.31. The highest BCUT2D eigenvalue weighted by molar-refractivity contribution is 5.94. The summed E-state index contributed by atoms with van der Waals surface area (Å²) in [5.41, 5.74) is 4.88. The lowest BCUT2D eigenvalue weighted by molar-refractivity contribution is -0.116. The number of hydrogen-bond donors (Lipinski definition) is 2. The van der Waals surface area contributed by atoms with Gasteiger partial charge in [0, 0.05) is 24.2 Å². The largest absolute Gasteiger partial charge is 0.352 e. The zero-order valence-corrected chi connectivity index (χ0v) is 26.3. The lowest BCUT2D eigenvalue weighted by Crippen LogP contribution is -2.27. The van der Waals surface area contributed by atoms with Crippen molar-refractivity contribution in [1.82, 2.24) is 5.32 Å². The van der Waals surface area contributed by atoms with E-state index in [1.165, 1.54) is 11.1 Å². The van der Waals surface area contributed by atoms with Crippen LogP contribution in [0.25, 0.3) is 0 Å². The molecule has 0 unspecified atom stereocenters. The first-order valence-electron chi connectivity index (χ1n) is 14.0. The van der Waals surface area contributed by atoms with E-state index in [0.29, 0.717) is 6.42 Å². The van der Waals surface area contributed by atoms with Gasteiger partial charge in [0.25, 0.3) is 5.91 Å². The Morgan fingerprint density at radius 3 is 1.42 bits per heavy atom. The molecule has 0 saturated heterocycles. The first-order chi connectivity index (χ1) is 17.2. The van der Waals surface area contributed by atoms with E-state index in [9.17, 15) is 9.59 Å². The Morgan fingerprint density at radius 2 is 1.03 bits per heavy atom. The van der Waals surface area contributed by atoms with Crippen molar-refractivity contribution in [2.75, 3.05) is 11.9 Å². The van der Waals surface area contributed by atoms with Gasteiger partial charge in [-0.05, 0) is 69.9 Å². The molecule has 0 heterocycles. The van der Waals surface area contributed by atoms with Gasteiger partial charge in [0.15, 0.2) is 0 Å². The van der Waals surface area contributed by atoms with Gasteiger partial charge in [0.05, 0.1) is 0 Å². The normalized spacial score (nSPS) is 12.3. The van der Waals surface area contributed by atoms with Gasteiger partial charge < -0.3 is 10.6 Å². The van der Waals surface area contributed by atoms with Crippen LogP contribution in [0.3, 0.4) is 0 Å². The number of carbonyl (C=O) groups excluding carboxylic acids is 2. The molecule has 2 amide bonds.